The van der Waals surface area contributed by atoms with Crippen LogP contribution in [0.3, 0.4) is 0 Å². The Morgan fingerprint density at radius 1 is 1.33 bits per heavy atom. The fraction of sp³-hybridized carbons (Fsp3) is 0.667. The number of carbonyl (C=O) groups excluding carboxylic acids is 1. The van der Waals surface area contributed by atoms with Crippen molar-refractivity contribution in [2.24, 2.45) is 0 Å². The molecule has 1 saturated heterocycles. The number of piperidine rings is 1. The Balaban J connectivity index is 1.48. The van der Waals surface area contributed by atoms with Gasteiger partial charge >= 0.3 is 0 Å². The number of rotatable bonds is 7. The number of nitrogens with zero attached hydrogens (tertiary/aromatic N) is 7. The summed E-state index contributed by atoms with van der Waals surface area (Å²) < 4.78 is 8.88. The van der Waals surface area contributed by atoms with Crippen molar-refractivity contribution in [1.29, 1.82) is 0 Å². The normalized spacial score (nSPS) is 15.8. The quantitative estimate of drug-likeness (QED) is 0.724. The molecule has 3 heterocycles. The number of ether oxygens (including phenoxy) is 1. The van der Waals surface area contributed by atoms with Gasteiger partial charge in [-0.15, -0.1) is 5.10 Å². The van der Waals surface area contributed by atoms with Crippen LogP contribution in [0.5, 0.6) is 0 Å². The van der Waals surface area contributed by atoms with Crippen LogP contribution in [0, 0.1) is 0 Å². The van der Waals surface area contributed by atoms with Gasteiger partial charge < -0.3 is 14.2 Å². The maximum absolute atomic E-state index is 12.3. The molecule has 24 heavy (non-hydrogen) atoms. The van der Waals surface area contributed by atoms with Gasteiger partial charge in [-0.3, -0.25) is 4.79 Å². The molecule has 0 aromatic carbocycles. The second-order valence-corrected chi connectivity index (χ2v) is 5.95. The molecular formula is C15H23N7O2. The first-order valence-electron chi connectivity index (χ1n) is 8.26. The number of methoxy groups -OCH3 is 1. The molecule has 0 saturated carbocycles. The maximum Gasteiger partial charge on any atom is 0.224 e. The van der Waals surface area contributed by atoms with Crippen LogP contribution < -0.4 is 0 Å². The molecule has 1 aliphatic rings. The van der Waals surface area contributed by atoms with Crippen molar-refractivity contribution in [2.75, 3.05) is 26.8 Å². The van der Waals surface area contributed by atoms with Crippen molar-refractivity contribution in [3.63, 3.8) is 0 Å². The van der Waals surface area contributed by atoms with Crippen LogP contribution in [0.15, 0.2) is 18.7 Å². The third-order valence-electron chi connectivity index (χ3n) is 4.44. The molecule has 0 atom stereocenters. The van der Waals surface area contributed by atoms with Gasteiger partial charge in [-0.2, -0.15) is 0 Å². The summed E-state index contributed by atoms with van der Waals surface area (Å²) in [6, 6.07) is 0. The number of likely N-dealkylation sites (tertiary alicyclic amines) is 1. The van der Waals surface area contributed by atoms with E-state index in [1.54, 1.807) is 11.8 Å². The molecule has 2 aromatic heterocycles. The van der Waals surface area contributed by atoms with Crippen molar-refractivity contribution < 1.29 is 9.53 Å². The Morgan fingerprint density at radius 3 is 2.88 bits per heavy atom. The van der Waals surface area contributed by atoms with E-state index < -0.39 is 0 Å². The monoisotopic (exact) mass is 333 g/mol. The van der Waals surface area contributed by atoms with Crippen molar-refractivity contribution in [3.05, 3.63) is 24.5 Å². The number of imidazole rings is 1. The topological polar surface area (TPSA) is 91.0 Å². The summed E-state index contributed by atoms with van der Waals surface area (Å²) >= 11 is 0. The minimum Gasteiger partial charge on any atom is -0.383 e. The largest absolute Gasteiger partial charge is 0.383 e. The average Bonchev–Trinajstić information content (AvgIpc) is 3.29. The summed E-state index contributed by atoms with van der Waals surface area (Å²) in [5.41, 5.74) is 0. The highest BCUT2D eigenvalue weighted by atomic mass is 16.5. The van der Waals surface area contributed by atoms with E-state index in [4.69, 9.17) is 4.74 Å². The van der Waals surface area contributed by atoms with Crippen LogP contribution >= 0.6 is 0 Å². The predicted octanol–water partition coefficient (Wildman–Crippen LogP) is 0.312. The second-order valence-electron chi connectivity index (χ2n) is 5.95. The van der Waals surface area contributed by atoms with E-state index in [0.717, 1.165) is 38.3 Å². The molecule has 3 rings (SSSR count). The SMILES string of the molecule is COCCn1ccnc1C1CCN(C(=O)CCn2cnnn2)CC1. The minimum absolute atomic E-state index is 0.159. The Hall–Kier alpha value is -2.29. The highest BCUT2D eigenvalue weighted by Crippen LogP contribution is 2.27. The lowest BCUT2D eigenvalue weighted by molar-refractivity contribution is -0.132. The molecule has 0 aliphatic carbocycles. The van der Waals surface area contributed by atoms with E-state index >= 15 is 0 Å². The highest BCUT2D eigenvalue weighted by Gasteiger charge is 2.26. The van der Waals surface area contributed by atoms with Crippen LogP contribution in [0.25, 0.3) is 0 Å². The first-order valence-corrected chi connectivity index (χ1v) is 8.26. The van der Waals surface area contributed by atoms with Gasteiger partial charge in [0.1, 0.15) is 12.2 Å². The van der Waals surface area contributed by atoms with Crippen LogP contribution in [0.4, 0.5) is 0 Å². The van der Waals surface area contributed by atoms with Crippen LogP contribution in [0.1, 0.15) is 31.0 Å². The van der Waals surface area contributed by atoms with Crippen molar-refractivity contribution in [3.8, 4) is 0 Å². The van der Waals surface area contributed by atoms with Gasteiger partial charge in [0, 0.05) is 51.5 Å². The Kier molecular flexibility index (Phi) is 5.52. The van der Waals surface area contributed by atoms with E-state index in [1.165, 1.54) is 6.33 Å². The smallest absolute Gasteiger partial charge is 0.224 e. The Labute approximate surface area is 140 Å². The van der Waals surface area contributed by atoms with E-state index in [-0.39, 0.29) is 5.91 Å². The number of hydrogen-bond acceptors (Lipinski definition) is 6. The Morgan fingerprint density at radius 2 is 2.17 bits per heavy atom. The molecule has 130 valence electrons. The molecule has 0 radical (unpaired) electrons. The second kappa shape index (κ2) is 8.00. The maximum atomic E-state index is 12.3. The Bertz CT molecular complexity index is 632. The predicted molar refractivity (Wildman–Crippen MR) is 85.1 cm³/mol. The van der Waals surface area contributed by atoms with Gasteiger partial charge in [0.15, 0.2) is 0 Å². The van der Waals surface area contributed by atoms with Gasteiger partial charge in [0.2, 0.25) is 5.91 Å². The zero-order valence-electron chi connectivity index (χ0n) is 13.9. The third kappa shape index (κ3) is 3.97. The lowest BCUT2D eigenvalue weighted by Crippen LogP contribution is -2.38. The van der Waals surface area contributed by atoms with Crippen LogP contribution in [-0.4, -0.2) is 67.4 Å². The van der Waals surface area contributed by atoms with Crippen molar-refractivity contribution in [1.82, 2.24) is 34.7 Å². The van der Waals surface area contributed by atoms with E-state index in [1.807, 2.05) is 17.3 Å². The highest BCUT2D eigenvalue weighted by molar-refractivity contribution is 5.76. The number of aromatic nitrogens is 6. The molecular weight excluding hydrogens is 310 g/mol. The summed E-state index contributed by atoms with van der Waals surface area (Å²) in [4.78, 5) is 18.7. The number of hydrogen-bond donors (Lipinski definition) is 0. The van der Waals surface area contributed by atoms with Gasteiger partial charge in [0.05, 0.1) is 13.2 Å². The fourth-order valence-electron chi connectivity index (χ4n) is 3.10. The zero-order valence-corrected chi connectivity index (χ0v) is 13.9. The summed E-state index contributed by atoms with van der Waals surface area (Å²) in [7, 11) is 1.70. The fourth-order valence-corrected chi connectivity index (χ4v) is 3.10. The first-order chi connectivity index (χ1) is 11.8. The standard InChI is InChI=1S/C15H23N7O2/c1-24-11-10-21-9-5-16-15(21)13-2-6-20(7-3-13)14(23)4-8-22-12-17-18-19-22/h5,9,12-13H,2-4,6-8,10-11H2,1H3. The molecule has 1 aliphatic heterocycles. The molecule has 1 amide bonds. The number of aryl methyl sites for hydroxylation is 1. The molecule has 1 fully saturated rings. The zero-order chi connectivity index (χ0) is 16.8. The van der Waals surface area contributed by atoms with Crippen LogP contribution in [0.2, 0.25) is 0 Å². The molecule has 9 nitrogen and oxygen atoms in total. The van der Waals surface area contributed by atoms with E-state index in [9.17, 15) is 4.79 Å². The van der Waals surface area contributed by atoms with E-state index in [2.05, 4.69) is 25.1 Å². The van der Waals surface area contributed by atoms with Gasteiger partial charge in [0.25, 0.3) is 0 Å². The summed E-state index contributed by atoms with van der Waals surface area (Å²) in [5.74, 6) is 1.67. The molecule has 0 N–H and O–H groups in total. The molecule has 0 bridgehead atoms. The van der Waals surface area contributed by atoms with Gasteiger partial charge in [-0.05, 0) is 23.3 Å². The molecule has 0 spiro atoms. The summed E-state index contributed by atoms with van der Waals surface area (Å²) in [5, 5.41) is 10.9. The van der Waals surface area contributed by atoms with Gasteiger partial charge in [-0.25, -0.2) is 9.67 Å². The molecule has 2 aromatic rings. The summed E-state index contributed by atoms with van der Waals surface area (Å²) in [6.07, 6.45) is 7.69. The average molecular weight is 333 g/mol. The molecule has 9 heteroatoms. The summed E-state index contributed by atoms with van der Waals surface area (Å²) in [6.45, 7) is 3.56. The number of tetrazole rings is 1. The third-order valence-corrected chi connectivity index (χ3v) is 4.44. The van der Waals surface area contributed by atoms with Crippen LogP contribution in [-0.2, 0) is 22.6 Å². The van der Waals surface area contributed by atoms with E-state index in [0.29, 0.717) is 25.5 Å². The number of amides is 1. The minimum atomic E-state index is 0.159. The van der Waals surface area contributed by atoms with Crippen molar-refractivity contribution >= 4 is 5.91 Å². The van der Waals surface area contributed by atoms with Crippen molar-refractivity contribution in [2.45, 2.75) is 38.3 Å². The first kappa shape index (κ1) is 16.6. The molecule has 0 unspecified atom stereocenters. The lowest BCUT2D eigenvalue weighted by atomic mass is 9.95. The lowest BCUT2D eigenvalue weighted by Gasteiger charge is -2.32. The van der Waals surface area contributed by atoms with Gasteiger partial charge in [-0.1, -0.05) is 0 Å². The number of carbonyl (C=O) groups is 1.